The summed E-state index contributed by atoms with van der Waals surface area (Å²) < 4.78 is 25.2. The van der Waals surface area contributed by atoms with Gasteiger partial charge < -0.3 is 9.80 Å². The maximum Gasteiger partial charge on any atom is 0.254 e. The highest BCUT2D eigenvalue weighted by Crippen LogP contribution is 2.15. The third-order valence-electron chi connectivity index (χ3n) is 4.24. The number of carbonyl (C=O) groups excluding carboxylic acids is 1. The fourth-order valence-electron chi connectivity index (χ4n) is 2.79. The van der Waals surface area contributed by atoms with Crippen LogP contribution >= 0.6 is 0 Å². The highest BCUT2D eigenvalue weighted by atomic mass is 32.2. The van der Waals surface area contributed by atoms with Crippen LogP contribution in [0.25, 0.3) is 0 Å². The molecule has 0 bridgehead atoms. The molecule has 1 heterocycles. The third kappa shape index (κ3) is 4.10. The molecule has 6 nitrogen and oxygen atoms in total. The molecule has 7 heteroatoms. The van der Waals surface area contributed by atoms with E-state index < -0.39 is 10.0 Å². The van der Waals surface area contributed by atoms with E-state index in [1.807, 2.05) is 4.90 Å². The lowest BCUT2D eigenvalue weighted by Crippen LogP contribution is -3.14. The van der Waals surface area contributed by atoms with Crippen LogP contribution in [0.15, 0.2) is 29.2 Å². The molecule has 0 atom stereocenters. The molecule has 1 aliphatic rings. The Morgan fingerprint density at radius 1 is 1.17 bits per heavy atom. The maximum atomic E-state index is 12.5. The number of piperazine rings is 1. The molecular formula is C16H26N3O3S+. The van der Waals surface area contributed by atoms with Crippen molar-refractivity contribution >= 4 is 15.9 Å². The smallest absolute Gasteiger partial charge is 0.254 e. The maximum absolute atomic E-state index is 12.5. The van der Waals surface area contributed by atoms with Crippen molar-refractivity contribution in [1.29, 1.82) is 0 Å². The highest BCUT2D eigenvalue weighted by molar-refractivity contribution is 7.89. The first-order valence-electron chi connectivity index (χ1n) is 8.01. The molecule has 0 aromatic heterocycles. The van der Waals surface area contributed by atoms with E-state index in [1.54, 1.807) is 17.0 Å². The van der Waals surface area contributed by atoms with Crippen molar-refractivity contribution in [2.75, 3.05) is 46.8 Å². The van der Waals surface area contributed by atoms with Crippen LogP contribution in [0.5, 0.6) is 0 Å². The number of benzene rings is 1. The topological polar surface area (TPSA) is 62.1 Å². The Morgan fingerprint density at radius 3 is 2.22 bits per heavy atom. The van der Waals surface area contributed by atoms with Crippen molar-refractivity contribution in [2.45, 2.75) is 18.2 Å². The molecule has 128 valence electrons. The average Bonchev–Trinajstić information content (AvgIpc) is 2.55. The molecule has 0 unspecified atom stereocenters. The fourth-order valence-corrected chi connectivity index (χ4v) is 3.69. The molecule has 1 aromatic carbocycles. The Hall–Kier alpha value is -1.44. The molecule has 2 rings (SSSR count). The molecule has 1 fully saturated rings. The molecular weight excluding hydrogens is 314 g/mol. The van der Waals surface area contributed by atoms with Gasteiger partial charge in [-0.3, -0.25) is 4.79 Å². The minimum atomic E-state index is -3.45. The first kappa shape index (κ1) is 17.9. The highest BCUT2D eigenvalue weighted by Gasteiger charge is 2.24. The van der Waals surface area contributed by atoms with Gasteiger partial charge in [0.1, 0.15) is 0 Å². The summed E-state index contributed by atoms with van der Waals surface area (Å²) in [4.78, 5) is 16.1. The van der Waals surface area contributed by atoms with Crippen LogP contribution in [0.3, 0.4) is 0 Å². The van der Waals surface area contributed by atoms with Crippen LogP contribution in [-0.2, 0) is 10.0 Å². The van der Waals surface area contributed by atoms with E-state index in [4.69, 9.17) is 0 Å². The summed E-state index contributed by atoms with van der Waals surface area (Å²) in [5.74, 6) is -0.0191. The number of quaternary nitrogens is 1. The number of hydrogen-bond acceptors (Lipinski definition) is 3. The van der Waals surface area contributed by atoms with Crippen LogP contribution in [0, 0.1) is 0 Å². The van der Waals surface area contributed by atoms with Gasteiger partial charge in [0.15, 0.2) is 0 Å². The molecule has 23 heavy (non-hydrogen) atoms. The van der Waals surface area contributed by atoms with Gasteiger partial charge in [0, 0.05) is 19.7 Å². The standard InChI is InChI=1S/C16H25N3O3S/c1-4-9-18-10-12-19(13-11-18)16(20)14-5-7-15(8-6-14)23(21,22)17(2)3/h5-8H,4,9-13H2,1-3H3/p+1. The molecule has 1 N–H and O–H groups in total. The summed E-state index contributed by atoms with van der Waals surface area (Å²) in [5, 5.41) is 0. The summed E-state index contributed by atoms with van der Waals surface area (Å²) >= 11 is 0. The van der Waals surface area contributed by atoms with Crippen molar-refractivity contribution in [1.82, 2.24) is 9.21 Å². The van der Waals surface area contributed by atoms with Crippen LogP contribution in [0.2, 0.25) is 0 Å². The Kier molecular flexibility index (Phi) is 5.78. The number of nitrogens with zero attached hydrogens (tertiary/aromatic N) is 2. The first-order valence-corrected chi connectivity index (χ1v) is 9.45. The normalized spacial score (nSPS) is 16.8. The third-order valence-corrected chi connectivity index (χ3v) is 6.07. The molecule has 1 aliphatic heterocycles. The first-order chi connectivity index (χ1) is 10.9. The van der Waals surface area contributed by atoms with Crippen LogP contribution < -0.4 is 4.90 Å². The van der Waals surface area contributed by atoms with E-state index in [1.165, 1.54) is 30.5 Å². The lowest BCUT2D eigenvalue weighted by Gasteiger charge is -2.32. The zero-order valence-corrected chi connectivity index (χ0v) is 14.9. The Labute approximate surface area is 138 Å². The monoisotopic (exact) mass is 340 g/mol. The number of sulfonamides is 1. The molecule has 0 spiro atoms. The Morgan fingerprint density at radius 2 is 1.74 bits per heavy atom. The minimum Gasteiger partial charge on any atom is -0.332 e. The summed E-state index contributed by atoms with van der Waals surface area (Å²) in [7, 11) is -0.468. The molecule has 0 radical (unpaired) electrons. The van der Waals surface area contributed by atoms with Gasteiger partial charge in [-0.15, -0.1) is 0 Å². The van der Waals surface area contributed by atoms with Gasteiger partial charge in [-0.05, 0) is 30.7 Å². The predicted molar refractivity (Wildman–Crippen MR) is 89.1 cm³/mol. The quantitative estimate of drug-likeness (QED) is 0.800. The molecule has 1 aromatic rings. The Bertz CT molecular complexity index is 633. The van der Waals surface area contributed by atoms with Gasteiger partial charge in [0.25, 0.3) is 5.91 Å². The van der Waals surface area contributed by atoms with Crippen molar-refractivity contribution in [2.24, 2.45) is 0 Å². The molecule has 0 saturated carbocycles. The van der Waals surface area contributed by atoms with Gasteiger partial charge in [-0.1, -0.05) is 6.92 Å². The van der Waals surface area contributed by atoms with Gasteiger partial charge in [0.05, 0.1) is 37.6 Å². The number of hydrogen-bond donors (Lipinski definition) is 1. The number of carbonyl (C=O) groups is 1. The second kappa shape index (κ2) is 7.42. The second-order valence-corrected chi connectivity index (χ2v) is 8.26. The summed E-state index contributed by atoms with van der Waals surface area (Å²) in [5.41, 5.74) is 0.543. The molecule has 1 saturated heterocycles. The summed E-state index contributed by atoms with van der Waals surface area (Å²) in [6, 6.07) is 6.20. The second-order valence-electron chi connectivity index (χ2n) is 6.10. The number of nitrogens with one attached hydrogen (secondary N) is 1. The van der Waals surface area contributed by atoms with E-state index in [-0.39, 0.29) is 10.8 Å². The van der Waals surface area contributed by atoms with Gasteiger partial charge in [-0.25, -0.2) is 12.7 Å². The zero-order chi connectivity index (χ0) is 17.0. The van der Waals surface area contributed by atoms with Crippen LogP contribution in [-0.4, -0.2) is 70.3 Å². The SMILES string of the molecule is CCC[NH+]1CCN(C(=O)c2ccc(S(=O)(=O)N(C)C)cc2)CC1. The van der Waals surface area contributed by atoms with Crippen molar-refractivity contribution in [3.63, 3.8) is 0 Å². The predicted octanol–water partition coefficient (Wildman–Crippen LogP) is -0.312. The van der Waals surface area contributed by atoms with Crippen LogP contribution in [0.4, 0.5) is 0 Å². The van der Waals surface area contributed by atoms with Gasteiger partial charge in [0.2, 0.25) is 10.0 Å². The Balaban J connectivity index is 2.04. The van der Waals surface area contributed by atoms with Crippen LogP contribution in [0.1, 0.15) is 23.7 Å². The van der Waals surface area contributed by atoms with E-state index in [9.17, 15) is 13.2 Å². The fraction of sp³-hybridized carbons (Fsp3) is 0.562. The lowest BCUT2D eigenvalue weighted by atomic mass is 10.2. The van der Waals surface area contributed by atoms with E-state index in [2.05, 4.69) is 6.92 Å². The minimum absolute atomic E-state index is 0.0191. The van der Waals surface area contributed by atoms with Crippen molar-refractivity contribution in [3.8, 4) is 0 Å². The number of amides is 1. The van der Waals surface area contributed by atoms with E-state index >= 15 is 0 Å². The average molecular weight is 340 g/mol. The number of rotatable bonds is 5. The summed E-state index contributed by atoms with van der Waals surface area (Å²) in [6.45, 7) is 6.80. The van der Waals surface area contributed by atoms with Gasteiger partial charge >= 0.3 is 0 Å². The van der Waals surface area contributed by atoms with Crippen molar-refractivity contribution in [3.05, 3.63) is 29.8 Å². The lowest BCUT2D eigenvalue weighted by molar-refractivity contribution is -0.904. The molecule has 1 amide bonds. The van der Waals surface area contributed by atoms with Crippen molar-refractivity contribution < 1.29 is 18.1 Å². The zero-order valence-electron chi connectivity index (χ0n) is 14.1. The molecule has 0 aliphatic carbocycles. The summed E-state index contributed by atoms with van der Waals surface area (Å²) in [6.07, 6.45) is 1.16. The van der Waals surface area contributed by atoms with Gasteiger partial charge in [-0.2, -0.15) is 0 Å². The largest absolute Gasteiger partial charge is 0.332 e. The van der Waals surface area contributed by atoms with E-state index in [0.717, 1.165) is 39.1 Å². The van der Waals surface area contributed by atoms with E-state index in [0.29, 0.717) is 5.56 Å².